The van der Waals surface area contributed by atoms with Crippen LogP contribution in [0.2, 0.25) is 5.02 Å². The van der Waals surface area contributed by atoms with Gasteiger partial charge >= 0.3 is 0 Å². The number of piperazine rings is 1. The number of nitrogens with zero attached hydrogens (tertiary/aromatic N) is 4. The van der Waals surface area contributed by atoms with Gasteiger partial charge in [0.25, 0.3) is 0 Å². The normalized spacial score (nSPS) is 20.1. The molecule has 0 radical (unpaired) electrons. The van der Waals surface area contributed by atoms with Crippen molar-refractivity contribution < 1.29 is 0 Å². The fourth-order valence-electron chi connectivity index (χ4n) is 4.26. The molecule has 1 aliphatic carbocycles. The van der Waals surface area contributed by atoms with Gasteiger partial charge in [-0.25, -0.2) is 4.99 Å². The lowest BCUT2D eigenvalue weighted by Gasteiger charge is -2.40. The van der Waals surface area contributed by atoms with E-state index in [9.17, 15) is 0 Å². The third kappa shape index (κ3) is 3.89. The maximum atomic E-state index is 5.99. The van der Waals surface area contributed by atoms with Crippen molar-refractivity contribution in [2.45, 2.75) is 25.3 Å². The van der Waals surface area contributed by atoms with E-state index in [0.29, 0.717) is 6.04 Å². The van der Waals surface area contributed by atoms with Crippen LogP contribution < -0.4 is 4.90 Å². The van der Waals surface area contributed by atoms with Crippen LogP contribution in [-0.2, 0) is 6.42 Å². The van der Waals surface area contributed by atoms with Gasteiger partial charge in [0, 0.05) is 43.8 Å². The summed E-state index contributed by atoms with van der Waals surface area (Å²) in [7, 11) is 0. The van der Waals surface area contributed by atoms with Crippen molar-refractivity contribution in [1.82, 2.24) is 9.80 Å². The Bertz CT molecular complexity index is 851. The first kappa shape index (κ1) is 18.0. The fourth-order valence-corrected chi connectivity index (χ4v) is 4.39. The van der Waals surface area contributed by atoms with Gasteiger partial charge in [0.2, 0.25) is 0 Å². The van der Waals surface area contributed by atoms with Crippen LogP contribution in [0.1, 0.15) is 18.4 Å². The zero-order valence-corrected chi connectivity index (χ0v) is 17.0. The van der Waals surface area contributed by atoms with E-state index in [4.69, 9.17) is 16.6 Å². The molecule has 2 fully saturated rings. The highest BCUT2D eigenvalue weighted by Crippen LogP contribution is 2.39. The number of fused-ring (bicyclic) bond motifs is 1. The van der Waals surface area contributed by atoms with Gasteiger partial charge in [0.05, 0.1) is 17.9 Å². The van der Waals surface area contributed by atoms with Crippen LogP contribution in [0.25, 0.3) is 0 Å². The highest BCUT2D eigenvalue weighted by molar-refractivity contribution is 6.30. The smallest absolute Gasteiger partial charge is 0.125 e. The molecule has 5 heteroatoms. The van der Waals surface area contributed by atoms with Gasteiger partial charge in [-0.3, -0.25) is 4.90 Å². The molecule has 0 spiro atoms. The molecule has 2 aromatic rings. The van der Waals surface area contributed by atoms with Crippen molar-refractivity contribution in [2.24, 2.45) is 4.99 Å². The SMILES string of the molecule is Clc1ccc(CCN2CCN(C3=Nc4ccccc4N(C4CC4)C3)CC2)cc1. The van der Waals surface area contributed by atoms with Crippen molar-refractivity contribution >= 4 is 28.8 Å². The molecule has 0 atom stereocenters. The Morgan fingerprint density at radius 1 is 0.929 bits per heavy atom. The van der Waals surface area contributed by atoms with E-state index in [1.54, 1.807) is 0 Å². The quantitative estimate of drug-likeness (QED) is 0.775. The van der Waals surface area contributed by atoms with Crippen LogP contribution in [0.4, 0.5) is 11.4 Å². The summed E-state index contributed by atoms with van der Waals surface area (Å²) < 4.78 is 0. The predicted octanol–water partition coefficient (Wildman–Crippen LogP) is 4.21. The second-order valence-electron chi connectivity index (χ2n) is 8.08. The van der Waals surface area contributed by atoms with Crippen LogP contribution in [0.5, 0.6) is 0 Å². The van der Waals surface area contributed by atoms with Crippen molar-refractivity contribution in [3.63, 3.8) is 0 Å². The Morgan fingerprint density at radius 2 is 1.68 bits per heavy atom. The minimum absolute atomic E-state index is 0.715. The van der Waals surface area contributed by atoms with Gasteiger partial charge in [0.1, 0.15) is 5.84 Å². The number of para-hydroxylation sites is 2. The average molecular weight is 395 g/mol. The number of aliphatic imine (C=N–C) groups is 1. The van der Waals surface area contributed by atoms with Crippen LogP contribution in [0.15, 0.2) is 53.5 Å². The molecular weight excluding hydrogens is 368 g/mol. The second-order valence-corrected chi connectivity index (χ2v) is 8.52. The lowest BCUT2D eigenvalue weighted by Crippen LogP contribution is -2.52. The molecule has 1 saturated carbocycles. The summed E-state index contributed by atoms with van der Waals surface area (Å²) in [5.74, 6) is 1.25. The van der Waals surface area contributed by atoms with Gasteiger partial charge in [0.15, 0.2) is 0 Å². The zero-order valence-electron chi connectivity index (χ0n) is 16.2. The predicted molar refractivity (Wildman–Crippen MR) is 117 cm³/mol. The van der Waals surface area contributed by atoms with Gasteiger partial charge in [-0.2, -0.15) is 0 Å². The number of amidine groups is 1. The molecule has 2 aromatic carbocycles. The second kappa shape index (κ2) is 7.76. The van der Waals surface area contributed by atoms with Crippen LogP contribution >= 0.6 is 11.6 Å². The summed E-state index contributed by atoms with van der Waals surface area (Å²) in [5, 5.41) is 0.812. The van der Waals surface area contributed by atoms with E-state index in [1.807, 2.05) is 12.1 Å². The first-order valence-electron chi connectivity index (χ1n) is 10.4. The minimum Gasteiger partial charge on any atom is -0.359 e. The monoisotopic (exact) mass is 394 g/mol. The largest absolute Gasteiger partial charge is 0.359 e. The van der Waals surface area contributed by atoms with Gasteiger partial charge < -0.3 is 9.80 Å². The van der Waals surface area contributed by atoms with Crippen molar-refractivity contribution in [3.8, 4) is 0 Å². The molecule has 0 N–H and O–H groups in total. The Hall–Kier alpha value is -2.04. The number of hydrogen-bond acceptors (Lipinski definition) is 4. The Labute approximate surface area is 172 Å². The van der Waals surface area contributed by atoms with Gasteiger partial charge in [-0.15, -0.1) is 0 Å². The molecule has 0 unspecified atom stereocenters. The van der Waals surface area contributed by atoms with Gasteiger partial charge in [-0.05, 0) is 49.1 Å². The summed E-state index contributed by atoms with van der Waals surface area (Å²) in [6, 6.07) is 17.6. The van der Waals surface area contributed by atoms with E-state index >= 15 is 0 Å². The topological polar surface area (TPSA) is 22.1 Å². The van der Waals surface area contributed by atoms with E-state index in [0.717, 1.165) is 56.4 Å². The van der Waals surface area contributed by atoms with Crippen LogP contribution in [0.3, 0.4) is 0 Å². The summed E-state index contributed by atoms with van der Waals surface area (Å²) in [6.07, 6.45) is 3.72. The average Bonchev–Trinajstić information content (AvgIpc) is 3.58. The molecule has 28 heavy (non-hydrogen) atoms. The summed E-state index contributed by atoms with van der Waals surface area (Å²) in [5.41, 5.74) is 3.82. The minimum atomic E-state index is 0.715. The molecule has 0 aromatic heterocycles. The standard InChI is InChI=1S/C23H27ClN4/c24-19-7-5-18(6-8-19)11-12-26-13-15-27(16-14-26)23-17-28(20-9-10-20)22-4-2-1-3-21(22)25-23/h1-8,20H,9-17H2. The first-order valence-corrected chi connectivity index (χ1v) is 10.8. The van der Waals surface area contributed by atoms with Crippen molar-refractivity contribution in [1.29, 1.82) is 0 Å². The van der Waals surface area contributed by atoms with E-state index in [-0.39, 0.29) is 0 Å². The lowest BCUT2D eigenvalue weighted by atomic mass is 10.1. The number of halogens is 1. The fraction of sp³-hybridized carbons (Fsp3) is 0.435. The highest BCUT2D eigenvalue weighted by atomic mass is 35.5. The lowest BCUT2D eigenvalue weighted by molar-refractivity contribution is 0.182. The molecule has 146 valence electrons. The van der Waals surface area contributed by atoms with E-state index in [2.05, 4.69) is 51.1 Å². The molecule has 0 amide bonds. The number of anilines is 1. The Balaban J connectivity index is 1.20. The molecule has 3 aliphatic rings. The molecule has 0 bridgehead atoms. The molecular formula is C23H27ClN4. The molecule has 2 aliphatic heterocycles. The molecule has 1 saturated heterocycles. The molecule has 5 rings (SSSR count). The Morgan fingerprint density at radius 3 is 2.43 bits per heavy atom. The maximum absolute atomic E-state index is 5.99. The molecule has 2 heterocycles. The van der Waals surface area contributed by atoms with Gasteiger partial charge in [-0.1, -0.05) is 35.9 Å². The summed E-state index contributed by atoms with van der Waals surface area (Å²) >= 11 is 5.99. The van der Waals surface area contributed by atoms with Crippen molar-refractivity contribution in [2.75, 3.05) is 44.2 Å². The van der Waals surface area contributed by atoms with E-state index < -0.39 is 0 Å². The number of rotatable bonds is 4. The zero-order chi connectivity index (χ0) is 18.9. The summed E-state index contributed by atoms with van der Waals surface area (Å²) in [4.78, 5) is 12.7. The summed E-state index contributed by atoms with van der Waals surface area (Å²) in [6.45, 7) is 6.43. The number of hydrogen-bond donors (Lipinski definition) is 0. The van der Waals surface area contributed by atoms with Crippen LogP contribution in [0, 0.1) is 0 Å². The maximum Gasteiger partial charge on any atom is 0.125 e. The third-order valence-corrected chi connectivity index (χ3v) is 6.36. The third-order valence-electron chi connectivity index (χ3n) is 6.11. The molecule has 4 nitrogen and oxygen atoms in total. The number of benzene rings is 2. The van der Waals surface area contributed by atoms with Crippen LogP contribution in [-0.4, -0.2) is 60.9 Å². The highest BCUT2D eigenvalue weighted by Gasteiger charge is 2.34. The van der Waals surface area contributed by atoms with Crippen molar-refractivity contribution in [3.05, 3.63) is 59.1 Å². The Kier molecular flexibility index (Phi) is 5.00. The van der Waals surface area contributed by atoms with E-state index in [1.165, 1.54) is 29.9 Å². The first-order chi connectivity index (χ1) is 13.8.